The molecule has 4 heteroatoms. The van der Waals surface area contributed by atoms with Crippen molar-refractivity contribution in [3.8, 4) is 5.75 Å². The van der Waals surface area contributed by atoms with Crippen molar-refractivity contribution >= 4 is 5.91 Å². The van der Waals surface area contributed by atoms with Crippen molar-refractivity contribution in [2.24, 2.45) is 0 Å². The van der Waals surface area contributed by atoms with Crippen molar-refractivity contribution in [3.05, 3.63) is 29.8 Å². The highest BCUT2D eigenvalue weighted by atomic mass is 16.5. The van der Waals surface area contributed by atoms with Crippen LogP contribution in [0.15, 0.2) is 24.3 Å². The summed E-state index contributed by atoms with van der Waals surface area (Å²) in [6, 6.07) is 8.19. The van der Waals surface area contributed by atoms with Crippen LogP contribution in [0.25, 0.3) is 0 Å². The number of carbonyl (C=O) groups is 1. The molecule has 1 fully saturated rings. The minimum atomic E-state index is -0.0136. The van der Waals surface area contributed by atoms with Crippen LogP contribution >= 0.6 is 0 Å². The molecule has 0 aliphatic carbocycles. The zero-order chi connectivity index (χ0) is 14.5. The maximum absolute atomic E-state index is 12.1. The fourth-order valence-electron chi connectivity index (χ4n) is 2.72. The predicted octanol–water partition coefficient (Wildman–Crippen LogP) is 2.70. The molecule has 4 nitrogen and oxygen atoms in total. The normalized spacial score (nSPS) is 20.2. The van der Waals surface area contributed by atoms with E-state index in [4.69, 9.17) is 4.74 Å². The van der Waals surface area contributed by atoms with Crippen molar-refractivity contribution < 1.29 is 9.53 Å². The van der Waals surface area contributed by atoms with Crippen LogP contribution in [0.1, 0.15) is 44.8 Å². The smallest absolute Gasteiger partial charge is 0.238 e. The maximum atomic E-state index is 12.1. The molecule has 0 saturated carbocycles. The number of nitrogens with one attached hydrogen (secondary N) is 1. The molecule has 2 atom stereocenters. The van der Waals surface area contributed by atoms with Crippen LogP contribution in [0.4, 0.5) is 0 Å². The Labute approximate surface area is 121 Å². The zero-order valence-corrected chi connectivity index (χ0v) is 12.6. The zero-order valence-electron chi connectivity index (χ0n) is 12.6. The van der Waals surface area contributed by atoms with Crippen LogP contribution in [-0.4, -0.2) is 30.5 Å². The van der Waals surface area contributed by atoms with E-state index in [0.29, 0.717) is 6.54 Å². The Morgan fingerprint density at radius 1 is 1.40 bits per heavy atom. The van der Waals surface area contributed by atoms with E-state index in [1.54, 1.807) is 7.11 Å². The number of nitrogens with zero attached hydrogens (tertiary/aromatic N) is 1. The summed E-state index contributed by atoms with van der Waals surface area (Å²) in [7, 11) is 1.66. The minimum absolute atomic E-state index is 0.0136. The van der Waals surface area contributed by atoms with Gasteiger partial charge in [0.1, 0.15) is 11.9 Å². The lowest BCUT2D eigenvalue weighted by molar-refractivity contribution is -0.130. The molecule has 1 N–H and O–H groups in total. The van der Waals surface area contributed by atoms with E-state index < -0.39 is 0 Å². The second kappa shape index (κ2) is 6.75. The van der Waals surface area contributed by atoms with Gasteiger partial charge in [0, 0.05) is 6.04 Å². The Hall–Kier alpha value is -1.55. The van der Waals surface area contributed by atoms with Crippen LogP contribution < -0.4 is 10.1 Å². The highest BCUT2D eigenvalue weighted by molar-refractivity contribution is 5.81. The van der Waals surface area contributed by atoms with Gasteiger partial charge >= 0.3 is 0 Å². The van der Waals surface area contributed by atoms with Gasteiger partial charge in [0.05, 0.1) is 13.7 Å². The van der Waals surface area contributed by atoms with Gasteiger partial charge in [-0.2, -0.15) is 0 Å². The van der Waals surface area contributed by atoms with Gasteiger partial charge in [0.15, 0.2) is 0 Å². The van der Waals surface area contributed by atoms with Gasteiger partial charge in [0.2, 0.25) is 5.91 Å². The molecule has 1 amide bonds. The van der Waals surface area contributed by atoms with Crippen LogP contribution in [0.2, 0.25) is 0 Å². The Balaban J connectivity index is 2.13. The van der Waals surface area contributed by atoms with Crippen LogP contribution in [0.5, 0.6) is 5.75 Å². The number of hydrogen-bond donors (Lipinski definition) is 1. The van der Waals surface area contributed by atoms with Crippen molar-refractivity contribution in [2.75, 3.05) is 13.7 Å². The van der Waals surface area contributed by atoms with Gasteiger partial charge in [0.25, 0.3) is 0 Å². The highest BCUT2D eigenvalue weighted by Crippen LogP contribution is 2.27. The molecule has 2 rings (SSSR count). The molecule has 0 aromatic heterocycles. The van der Waals surface area contributed by atoms with E-state index in [0.717, 1.165) is 30.6 Å². The molecule has 2 unspecified atom stereocenters. The molecule has 1 aliphatic rings. The Kier molecular flexibility index (Phi) is 5.01. The average Bonchev–Trinajstić information content (AvgIpc) is 2.86. The van der Waals surface area contributed by atoms with E-state index in [1.807, 2.05) is 29.2 Å². The molecule has 1 heterocycles. The van der Waals surface area contributed by atoms with Gasteiger partial charge in [-0.05, 0) is 31.0 Å². The summed E-state index contributed by atoms with van der Waals surface area (Å²) >= 11 is 0. The van der Waals surface area contributed by atoms with Crippen molar-refractivity contribution in [1.29, 1.82) is 0 Å². The lowest BCUT2D eigenvalue weighted by Gasteiger charge is -2.30. The quantitative estimate of drug-likeness (QED) is 0.868. The predicted molar refractivity (Wildman–Crippen MR) is 79.6 cm³/mol. The number of ether oxygens (including phenoxy) is 1. The topological polar surface area (TPSA) is 41.6 Å². The molecule has 20 heavy (non-hydrogen) atoms. The third kappa shape index (κ3) is 3.12. The first-order valence-electron chi connectivity index (χ1n) is 7.36. The van der Waals surface area contributed by atoms with E-state index in [1.165, 1.54) is 0 Å². The van der Waals surface area contributed by atoms with E-state index in [9.17, 15) is 4.79 Å². The van der Waals surface area contributed by atoms with Crippen molar-refractivity contribution in [1.82, 2.24) is 10.2 Å². The second-order valence-electron chi connectivity index (χ2n) is 5.35. The van der Waals surface area contributed by atoms with Crippen molar-refractivity contribution in [2.45, 2.75) is 45.3 Å². The lowest BCUT2D eigenvalue weighted by Crippen LogP contribution is -2.37. The number of methoxy groups -OCH3 is 1. The van der Waals surface area contributed by atoms with Gasteiger partial charge in [-0.25, -0.2) is 0 Å². The summed E-state index contributed by atoms with van der Waals surface area (Å²) in [6.45, 7) is 4.74. The standard InChI is InChI=1S/C16H24N2O2/c1-4-5-6-12(2)18-15(19)11-17-16(18)13-7-9-14(20-3)10-8-13/h7-10,12,16-17H,4-6,11H2,1-3H3. The number of benzene rings is 1. The van der Waals surface area contributed by atoms with Gasteiger partial charge in [-0.15, -0.1) is 0 Å². The monoisotopic (exact) mass is 276 g/mol. The van der Waals surface area contributed by atoms with E-state index in [2.05, 4.69) is 19.2 Å². The molecule has 1 aromatic rings. The molecule has 0 bridgehead atoms. The fraction of sp³-hybridized carbons (Fsp3) is 0.562. The van der Waals surface area contributed by atoms with Crippen LogP contribution in [0, 0.1) is 0 Å². The third-order valence-corrected chi connectivity index (χ3v) is 3.89. The second-order valence-corrected chi connectivity index (χ2v) is 5.35. The Morgan fingerprint density at radius 3 is 2.70 bits per heavy atom. The first-order valence-corrected chi connectivity index (χ1v) is 7.36. The molecular formula is C16H24N2O2. The fourth-order valence-corrected chi connectivity index (χ4v) is 2.72. The average molecular weight is 276 g/mol. The number of amides is 1. The summed E-state index contributed by atoms with van der Waals surface area (Å²) in [5.74, 6) is 1.03. The molecule has 1 aliphatic heterocycles. The molecule has 0 spiro atoms. The number of hydrogen-bond acceptors (Lipinski definition) is 3. The summed E-state index contributed by atoms with van der Waals surface area (Å²) < 4.78 is 5.18. The van der Waals surface area contributed by atoms with Gasteiger partial charge in [-0.3, -0.25) is 10.1 Å². The van der Waals surface area contributed by atoms with Crippen LogP contribution in [0.3, 0.4) is 0 Å². The lowest BCUT2D eigenvalue weighted by atomic mass is 10.1. The van der Waals surface area contributed by atoms with Gasteiger partial charge in [-0.1, -0.05) is 31.9 Å². The summed E-state index contributed by atoms with van der Waals surface area (Å²) in [4.78, 5) is 14.1. The number of carbonyl (C=O) groups excluding carboxylic acids is 1. The van der Waals surface area contributed by atoms with E-state index >= 15 is 0 Å². The first kappa shape index (κ1) is 14.9. The molecular weight excluding hydrogens is 252 g/mol. The summed E-state index contributed by atoms with van der Waals surface area (Å²) in [5.41, 5.74) is 1.11. The van der Waals surface area contributed by atoms with Crippen LogP contribution in [-0.2, 0) is 4.79 Å². The largest absolute Gasteiger partial charge is 0.497 e. The third-order valence-electron chi connectivity index (χ3n) is 3.89. The van der Waals surface area contributed by atoms with Gasteiger partial charge < -0.3 is 9.64 Å². The summed E-state index contributed by atoms with van der Waals surface area (Å²) in [6.07, 6.45) is 3.35. The highest BCUT2D eigenvalue weighted by Gasteiger charge is 2.34. The Morgan fingerprint density at radius 2 is 2.10 bits per heavy atom. The molecule has 1 saturated heterocycles. The minimum Gasteiger partial charge on any atom is -0.497 e. The molecule has 1 aromatic carbocycles. The van der Waals surface area contributed by atoms with E-state index in [-0.39, 0.29) is 18.1 Å². The SMILES string of the molecule is CCCCC(C)N1C(=O)CNC1c1ccc(OC)cc1. The number of rotatable bonds is 6. The Bertz CT molecular complexity index is 444. The van der Waals surface area contributed by atoms with Crippen molar-refractivity contribution in [3.63, 3.8) is 0 Å². The summed E-state index contributed by atoms with van der Waals surface area (Å²) in [5, 5.41) is 3.30. The maximum Gasteiger partial charge on any atom is 0.238 e. The molecule has 0 radical (unpaired) electrons. The molecule has 110 valence electrons. The first-order chi connectivity index (χ1) is 9.67. The number of unbranched alkanes of at least 4 members (excludes halogenated alkanes) is 1.